The smallest absolute Gasteiger partial charge is 0.270 e. The third-order valence-corrected chi connectivity index (χ3v) is 3.45. The largest absolute Gasteiger partial charge is 0.491 e. The summed E-state index contributed by atoms with van der Waals surface area (Å²) >= 11 is 3.31. The summed E-state index contributed by atoms with van der Waals surface area (Å²) in [5, 5.41) is 11.2. The van der Waals surface area contributed by atoms with Gasteiger partial charge < -0.3 is 9.47 Å². The van der Waals surface area contributed by atoms with Gasteiger partial charge in [0, 0.05) is 29.6 Å². The van der Waals surface area contributed by atoms with Gasteiger partial charge in [-0.25, -0.2) is 0 Å². The average molecular weight is 316 g/mol. The molecule has 0 amide bonds. The van der Waals surface area contributed by atoms with Crippen molar-refractivity contribution >= 4 is 21.6 Å². The Balaban J connectivity index is 2.04. The van der Waals surface area contributed by atoms with E-state index in [2.05, 4.69) is 15.9 Å². The summed E-state index contributed by atoms with van der Waals surface area (Å²) in [5.41, 5.74) is 0.858. The molecule has 1 heterocycles. The molecular formula is C12H14BrNO4. The van der Waals surface area contributed by atoms with Gasteiger partial charge in [-0.1, -0.05) is 15.9 Å². The van der Waals surface area contributed by atoms with Crippen LogP contribution in [0.5, 0.6) is 5.75 Å². The van der Waals surface area contributed by atoms with E-state index >= 15 is 0 Å². The van der Waals surface area contributed by atoms with E-state index in [1.165, 1.54) is 12.1 Å². The van der Waals surface area contributed by atoms with Gasteiger partial charge in [0.25, 0.3) is 5.69 Å². The summed E-state index contributed by atoms with van der Waals surface area (Å²) in [7, 11) is 0. The lowest BCUT2D eigenvalue weighted by atomic mass is 10.2. The molecule has 98 valence electrons. The highest BCUT2D eigenvalue weighted by Crippen LogP contribution is 2.27. The summed E-state index contributed by atoms with van der Waals surface area (Å²) in [6, 6.07) is 4.63. The number of nitro benzene ring substituents is 1. The third-order valence-electron chi connectivity index (χ3n) is 2.85. The second-order valence-electron chi connectivity index (χ2n) is 4.13. The normalized spacial score (nSPS) is 18.8. The molecule has 0 spiro atoms. The van der Waals surface area contributed by atoms with Crippen LogP contribution in [0.4, 0.5) is 5.69 Å². The van der Waals surface area contributed by atoms with E-state index in [1.54, 1.807) is 6.07 Å². The summed E-state index contributed by atoms with van der Waals surface area (Å²) in [5.74, 6) is 0.674. The number of halogens is 1. The van der Waals surface area contributed by atoms with E-state index in [0.717, 1.165) is 25.0 Å². The summed E-state index contributed by atoms with van der Waals surface area (Å²) in [4.78, 5) is 10.3. The number of hydrogen-bond donors (Lipinski definition) is 0. The van der Waals surface area contributed by atoms with Crippen LogP contribution in [0.1, 0.15) is 18.4 Å². The molecule has 0 N–H and O–H groups in total. The maximum Gasteiger partial charge on any atom is 0.270 e. The van der Waals surface area contributed by atoms with Crippen LogP contribution in [0.3, 0.4) is 0 Å². The fraction of sp³-hybridized carbons (Fsp3) is 0.500. The van der Waals surface area contributed by atoms with Gasteiger partial charge in [-0.3, -0.25) is 10.1 Å². The Labute approximate surface area is 113 Å². The number of benzene rings is 1. The molecule has 1 atom stereocenters. The molecule has 1 aliphatic rings. The Kier molecular flexibility index (Phi) is 4.54. The molecule has 18 heavy (non-hydrogen) atoms. The molecule has 0 aliphatic carbocycles. The molecule has 1 aromatic carbocycles. The van der Waals surface area contributed by atoms with Crippen LogP contribution in [0.15, 0.2) is 18.2 Å². The van der Waals surface area contributed by atoms with E-state index in [1.807, 2.05) is 0 Å². The summed E-state index contributed by atoms with van der Waals surface area (Å²) in [6.45, 7) is 1.29. The number of non-ortho nitro benzene ring substituents is 1. The lowest BCUT2D eigenvalue weighted by Gasteiger charge is -2.13. The van der Waals surface area contributed by atoms with Crippen molar-refractivity contribution in [3.8, 4) is 5.75 Å². The first-order valence-electron chi connectivity index (χ1n) is 5.78. The number of nitro groups is 1. The van der Waals surface area contributed by atoms with Crippen LogP contribution < -0.4 is 4.74 Å². The molecule has 5 nitrogen and oxygen atoms in total. The standard InChI is InChI=1S/C12H14BrNO4/c13-7-9-6-10(14(15)16)3-4-12(9)18-8-11-2-1-5-17-11/h3-4,6,11H,1-2,5,7-8H2. The topological polar surface area (TPSA) is 61.6 Å². The van der Waals surface area contributed by atoms with Gasteiger partial charge in [0.2, 0.25) is 0 Å². The fourth-order valence-electron chi connectivity index (χ4n) is 1.88. The number of rotatable bonds is 5. The van der Waals surface area contributed by atoms with Crippen LogP contribution in [0.2, 0.25) is 0 Å². The van der Waals surface area contributed by atoms with Gasteiger partial charge in [-0.05, 0) is 18.9 Å². The molecule has 1 fully saturated rings. The van der Waals surface area contributed by atoms with Crippen molar-refractivity contribution in [3.63, 3.8) is 0 Å². The van der Waals surface area contributed by atoms with Gasteiger partial charge in [0.1, 0.15) is 12.4 Å². The molecule has 6 heteroatoms. The minimum absolute atomic E-state index is 0.0777. The highest BCUT2D eigenvalue weighted by Gasteiger charge is 2.17. The molecule has 1 unspecified atom stereocenters. The predicted octanol–water partition coefficient (Wildman–Crippen LogP) is 3.05. The minimum atomic E-state index is -0.407. The number of alkyl halides is 1. The lowest BCUT2D eigenvalue weighted by Crippen LogP contribution is -2.16. The molecule has 2 rings (SSSR count). The van der Waals surface area contributed by atoms with Crippen LogP contribution in [0.25, 0.3) is 0 Å². The van der Waals surface area contributed by atoms with Crippen molar-refractivity contribution < 1.29 is 14.4 Å². The quantitative estimate of drug-likeness (QED) is 0.476. The van der Waals surface area contributed by atoms with Gasteiger partial charge in [0.15, 0.2) is 0 Å². The van der Waals surface area contributed by atoms with Crippen molar-refractivity contribution in [1.82, 2.24) is 0 Å². The van der Waals surface area contributed by atoms with Crippen molar-refractivity contribution in [1.29, 1.82) is 0 Å². The predicted molar refractivity (Wildman–Crippen MR) is 70.2 cm³/mol. The molecule has 0 aromatic heterocycles. The number of ether oxygens (including phenoxy) is 2. The van der Waals surface area contributed by atoms with Crippen LogP contribution in [-0.4, -0.2) is 24.2 Å². The van der Waals surface area contributed by atoms with Gasteiger partial charge in [-0.2, -0.15) is 0 Å². The monoisotopic (exact) mass is 315 g/mol. The second kappa shape index (κ2) is 6.15. The molecule has 1 aliphatic heterocycles. The molecule has 0 radical (unpaired) electrons. The van der Waals surface area contributed by atoms with E-state index in [-0.39, 0.29) is 11.8 Å². The SMILES string of the molecule is O=[N+]([O-])c1ccc(OCC2CCCO2)c(CBr)c1. The first-order valence-corrected chi connectivity index (χ1v) is 6.90. The van der Waals surface area contributed by atoms with Crippen molar-refractivity contribution in [2.24, 2.45) is 0 Å². The Morgan fingerprint density at radius 3 is 3.00 bits per heavy atom. The Bertz CT molecular complexity index is 432. The highest BCUT2D eigenvalue weighted by molar-refractivity contribution is 9.08. The van der Waals surface area contributed by atoms with Crippen molar-refractivity contribution in [2.75, 3.05) is 13.2 Å². The van der Waals surface area contributed by atoms with Crippen LogP contribution in [0, 0.1) is 10.1 Å². The molecule has 1 saturated heterocycles. The van der Waals surface area contributed by atoms with E-state index in [4.69, 9.17) is 9.47 Å². The zero-order chi connectivity index (χ0) is 13.0. The maximum absolute atomic E-state index is 10.7. The van der Waals surface area contributed by atoms with Gasteiger partial charge in [-0.15, -0.1) is 0 Å². The van der Waals surface area contributed by atoms with Crippen molar-refractivity contribution in [3.05, 3.63) is 33.9 Å². The van der Waals surface area contributed by atoms with Gasteiger partial charge in [0.05, 0.1) is 11.0 Å². The number of hydrogen-bond acceptors (Lipinski definition) is 4. The highest BCUT2D eigenvalue weighted by atomic mass is 79.9. The summed E-state index contributed by atoms with van der Waals surface area (Å²) in [6.07, 6.45) is 2.22. The Morgan fingerprint density at radius 2 is 2.39 bits per heavy atom. The summed E-state index contributed by atoms with van der Waals surface area (Å²) < 4.78 is 11.1. The molecule has 0 bridgehead atoms. The first-order chi connectivity index (χ1) is 8.70. The van der Waals surface area contributed by atoms with Gasteiger partial charge >= 0.3 is 0 Å². The molecular weight excluding hydrogens is 302 g/mol. The zero-order valence-electron chi connectivity index (χ0n) is 9.80. The minimum Gasteiger partial charge on any atom is -0.491 e. The maximum atomic E-state index is 10.7. The van der Waals surface area contributed by atoms with Crippen LogP contribution in [-0.2, 0) is 10.1 Å². The zero-order valence-corrected chi connectivity index (χ0v) is 11.4. The third kappa shape index (κ3) is 3.20. The van der Waals surface area contributed by atoms with Crippen molar-refractivity contribution in [2.45, 2.75) is 24.3 Å². The van der Waals surface area contributed by atoms with E-state index in [9.17, 15) is 10.1 Å². The van der Waals surface area contributed by atoms with E-state index in [0.29, 0.717) is 17.7 Å². The lowest BCUT2D eigenvalue weighted by molar-refractivity contribution is -0.384. The van der Waals surface area contributed by atoms with Crippen LogP contribution >= 0.6 is 15.9 Å². The van der Waals surface area contributed by atoms with E-state index < -0.39 is 4.92 Å². The second-order valence-corrected chi connectivity index (χ2v) is 4.69. The molecule has 0 saturated carbocycles. The Hall–Kier alpha value is -1.14. The first kappa shape index (κ1) is 13.3. The number of nitrogens with zero attached hydrogens (tertiary/aromatic N) is 1. The Morgan fingerprint density at radius 1 is 1.56 bits per heavy atom. The average Bonchev–Trinajstić information content (AvgIpc) is 2.89. The molecule has 1 aromatic rings. The fourth-order valence-corrected chi connectivity index (χ4v) is 2.32.